The number of anilines is 2. The SMILES string of the molecule is O=C(Nc1ccccc1C(=O)N[C@@H](Cc1ccccc1)C[C@H](O)[C@H](Cc1ccccc1)NC(=O)c1ccccc1N(Cc1ccccn1)C(=O)O)OCc1ccccn1. The number of pyridine rings is 2. The van der Waals surface area contributed by atoms with Crippen LogP contribution in [0, 0.1) is 0 Å². The summed E-state index contributed by atoms with van der Waals surface area (Å²) >= 11 is 0. The molecule has 5 N–H and O–H groups in total. The Hall–Kier alpha value is -7.38. The molecule has 4 aromatic carbocycles. The van der Waals surface area contributed by atoms with Crippen molar-refractivity contribution in [1.29, 1.82) is 0 Å². The zero-order valence-electron chi connectivity index (χ0n) is 32.1. The van der Waals surface area contributed by atoms with Crippen molar-refractivity contribution in [3.63, 3.8) is 0 Å². The highest BCUT2D eigenvalue weighted by atomic mass is 16.5. The molecule has 6 aromatic rings. The standard InChI is InChI=1S/C46H44N6O7/c53-42(40(28-33-17-5-2-6-18-33)50-44(55)38-22-8-10-24-41(38)52(46(57)58)30-34-19-11-13-25-47-34)29-36(27-32-15-3-1-4-16-32)49-43(54)37-21-7-9-23-39(37)51-45(56)59-31-35-20-12-14-26-48-35/h1-26,36,40,42,53H,27-31H2,(H,49,54)(H,50,55)(H,51,56)(H,57,58)/t36-,40-,42-/m0/s1. The van der Waals surface area contributed by atoms with Gasteiger partial charge < -0.3 is 25.6 Å². The van der Waals surface area contributed by atoms with Crippen LogP contribution in [0.4, 0.5) is 21.0 Å². The monoisotopic (exact) mass is 792 g/mol. The number of nitrogens with zero attached hydrogens (tertiary/aromatic N) is 3. The van der Waals surface area contributed by atoms with E-state index in [2.05, 4.69) is 25.9 Å². The normalized spacial score (nSPS) is 12.3. The van der Waals surface area contributed by atoms with E-state index in [-0.39, 0.29) is 48.5 Å². The fraction of sp³-hybridized carbons (Fsp3) is 0.174. The number of para-hydroxylation sites is 2. The number of hydrogen-bond donors (Lipinski definition) is 5. The number of ether oxygens (including phenoxy) is 1. The molecule has 2 aromatic heterocycles. The zero-order chi connectivity index (χ0) is 41.4. The molecule has 3 atom stereocenters. The van der Waals surface area contributed by atoms with Gasteiger partial charge in [0.05, 0.1) is 52.6 Å². The molecule has 0 fully saturated rings. The molecule has 0 aliphatic rings. The molecule has 0 aliphatic heterocycles. The van der Waals surface area contributed by atoms with E-state index in [1.807, 2.05) is 60.7 Å². The maximum absolute atomic E-state index is 14.2. The Morgan fingerprint density at radius 3 is 1.83 bits per heavy atom. The second kappa shape index (κ2) is 20.7. The number of amides is 4. The minimum Gasteiger partial charge on any atom is -0.465 e. The van der Waals surface area contributed by atoms with E-state index in [4.69, 9.17) is 4.74 Å². The van der Waals surface area contributed by atoms with Crippen molar-refractivity contribution in [3.05, 3.63) is 192 Å². The fourth-order valence-electron chi connectivity index (χ4n) is 6.58. The Labute approximate surface area is 341 Å². The zero-order valence-corrected chi connectivity index (χ0v) is 32.1. The first-order valence-electron chi connectivity index (χ1n) is 19.0. The van der Waals surface area contributed by atoms with Crippen LogP contribution in [0.1, 0.15) is 49.7 Å². The number of rotatable bonds is 17. The number of aliphatic hydroxyl groups is 1. The second-order valence-electron chi connectivity index (χ2n) is 13.7. The number of aromatic nitrogens is 2. The number of aliphatic hydroxyl groups excluding tert-OH is 1. The van der Waals surface area contributed by atoms with Crippen molar-refractivity contribution in [2.75, 3.05) is 10.2 Å². The highest BCUT2D eigenvalue weighted by Crippen LogP contribution is 2.24. The first kappa shape index (κ1) is 41.3. The molecule has 13 nitrogen and oxygen atoms in total. The van der Waals surface area contributed by atoms with Crippen LogP contribution < -0.4 is 20.9 Å². The lowest BCUT2D eigenvalue weighted by atomic mass is 9.93. The van der Waals surface area contributed by atoms with Gasteiger partial charge in [-0.2, -0.15) is 0 Å². The average Bonchev–Trinajstić information content (AvgIpc) is 3.26. The van der Waals surface area contributed by atoms with Crippen molar-refractivity contribution in [3.8, 4) is 0 Å². The lowest BCUT2D eigenvalue weighted by Gasteiger charge is -2.29. The van der Waals surface area contributed by atoms with Crippen LogP contribution in [-0.4, -0.2) is 62.4 Å². The van der Waals surface area contributed by atoms with Gasteiger partial charge in [-0.05, 0) is 78.9 Å². The summed E-state index contributed by atoms with van der Waals surface area (Å²) in [6.07, 6.45) is 0.507. The lowest BCUT2D eigenvalue weighted by Crippen LogP contribution is -2.49. The molecule has 13 heteroatoms. The molecule has 0 saturated heterocycles. The van der Waals surface area contributed by atoms with E-state index in [1.165, 1.54) is 6.07 Å². The maximum Gasteiger partial charge on any atom is 0.412 e. The van der Waals surface area contributed by atoms with Gasteiger partial charge in [-0.25, -0.2) is 9.59 Å². The van der Waals surface area contributed by atoms with Gasteiger partial charge in [0.15, 0.2) is 0 Å². The third-order valence-corrected chi connectivity index (χ3v) is 9.47. The summed E-state index contributed by atoms with van der Waals surface area (Å²) < 4.78 is 5.33. The van der Waals surface area contributed by atoms with Gasteiger partial charge in [0.2, 0.25) is 0 Å². The van der Waals surface area contributed by atoms with E-state index < -0.39 is 42.2 Å². The largest absolute Gasteiger partial charge is 0.465 e. The third kappa shape index (κ3) is 12.1. The molecule has 2 heterocycles. The number of carboxylic acid groups (broad SMARTS) is 1. The van der Waals surface area contributed by atoms with Gasteiger partial charge in [-0.3, -0.25) is 29.8 Å². The molecule has 0 aliphatic carbocycles. The van der Waals surface area contributed by atoms with Crippen LogP contribution in [0.15, 0.2) is 158 Å². The molecule has 0 bridgehead atoms. The van der Waals surface area contributed by atoms with Crippen molar-refractivity contribution in [2.24, 2.45) is 0 Å². The number of carbonyl (C=O) groups excluding carboxylic acids is 3. The van der Waals surface area contributed by atoms with Gasteiger partial charge >= 0.3 is 12.2 Å². The van der Waals surface area contributed by atoms with Crippen LogP contribution >= 0.6 is 0 Å². The number of carbonyl (C=O) groups is 4. The van der Waals surface area contributed by atoms with Crippen LogP contribution in [0.3, 0.4) is 0 Å². The van der Waals surface area contributed by atoms with Crippen LogP contribution in [-0.2, 0) is 30.7 Å². The first-order chi connectivity index (χ1) is 28.7. The number of nitrogens with one attached hydrogen (secondary N) is 3. The van der Waals surface area contributed by atoms with E-state index in [9.17, 15) is 29.4 Å². The topological polar surface area (TPSA) is 183 Å². The van der Waals surface area contributed by atoms with E-state index in [0.29, 0.717) is 17.8 Å². The summed E-state index contributed by atoms with van der Waals surface area (Å²) in [6.45, 7) is -0.157. The van der Waals surface area contributed by atoms with E-state index in [0.717, 1.165) is 16.0 Å². The van der Waals surface area contributed by atoms with Gasteiger partial charge in [0.25, 0.3) is 11.8 Å². The van der Waals surface area contributed by atoms with Gasteiger partial charge in [0, 0.05) is 18.4 Å². The fourth-order valence-corrected chi connectivity index (χ4v) is 6.58. The molecule has 0 saturated carbocycles. The Morgan fingerprint density at radius 2 is 1.19 bits per heavy atom. The Bertz CT molecular complexity index is 2300. The summed E-state index contributed by atoms with van der Waals surface area (Å²) in [7, 11) is 0. The molecular weight excluding hydrogens is 749 g/mol. The van der Waals surface area contributed by atoms with Crippen molar-refractivity contribution in [2.45, 2.75) is 50.6 Å². The van der Waals surface area contributed by atoms with E-state index in [1.54, 1.807) is 91.3 Å². The Kier molecular flexibility index (Phi) is 14.5. The predicted molar refractivity (Wildman–Crippen MR) is 223 cm³/mol. The van der Waals surface area contributed by atoms with Gasteiger partial charge in [-0.15, -0.1) is 0 Å². The average molecular weight is 793 g/mol. The maximum atomic E-state index is 14.2. The van der Waals surface area contributed by atoms with Gasteiger partial charge in [-0.1, -0.05) is 97.1 Å². The molecule has 0 unspecified atom stereocenters. The highest BCUT2D eigenvalue weighted by Gasteiger charge is 2.29. The lowest BCUT2D eigenvalue weighted by molar-refractivity contribution is 0.0756. The predicted octanol–water partition coefficient (Wildman–Crippen LogP) is 7.04. The summed E-state index contributed by atoms with van der Waals surface area (Å²) in [5, 5.41) is 30.9. The molecule has 0 radical (unpaired) electrons. The van der Waals surface area contributed by atoms with Crippen LogP contribution in [0.25, 0.3) is 0 Å². The second-order valence-corrected chi connectivity index (χ2v) is 13.7. The van der Waals surface area contributed by atoms with E-state index >= 15 is 0 Å². The molecular formula is C46H44N6O7. The Balaban J connectivity index is 1.23. The third-order valence-electron chi connectivity index (χ3n) is 9.47. The van der Waals surface area contributed by atoms with Crippen molar-refractivity contribution < 1.29 is 34.1 Å². The molecule has 300 valence electrons. The van der Waals surface area contributed by atoms with Crippen LogP contribution in [0.2, 0.25) is 0 Å². The van der Waals surface area contributed by atoms with Gasteiger partial charge in [0.1, 0.15) is 6.61 Å². The minimum atomic E-state index is -1.27. The van der Waals surface area contributed by atoms with Crippen LogP contribution in [0.5, 0.6) is 0 Å². The molecule has 59 heavy (non-hydrogen) atoms. The smallest absolute Gasteiger partial charge is 0.412 e. The highest BCUT2D eigenvalue weighted by molar-refractivity contribution is 6.04. The summed E-state index contributed by atoms with van der Waals surface area (Å²) in [5.74, 6) is -1.09. The first-order valence-corrected chi connectivity index (χ1v) is 19.0. The number of benzene rings is 4. The summed E-state index contributed by atoms with van der Waals surface area (Å²) in [5.41, 5.74) is 3.43. The molecule has 0 spiro atoms. The van der Waals surface area contributed by atoms with Crippen molar-refractivity contribution >= 4 is 35.4 Å². The molecule has 6 rings (SSSR count). The Morgan fingerprint density at radius 1 is 0.627 bits per heavy atom. The molecule has 4 amide bonds. The quantitative estimate of drug-likeness (QED) is 0.0647. The minimum absolute atomic E-state index is 0.0166. The summed E-state index contributed by atoms with van der Waals surface area (Å²) in [4.78, 5) is 62.9. The van der Waals surface area contributed by atoms with Crippen molar-refractivity contribution in [1.82, 2.24) is 20.6 Å². The number of hydrogen-bond acceptors (Lipinski definition) is 8. The summed E-state index contributed by atoms with van der Waals surface area (Å²) in [6, 6.07) is 40.6.